The Morgan fingerprint density at radius 2 is 1.94 bits per heavy atom. The number of aliphatic hydroxyl groups excluding tert-OH is 2. The first-order chi connectivity index (χ1) is 14.9. The van der Waals surface area contributed by atoms with Crippen molar-refractivity contribution >= 4 is 44.3 Å². The van der Waals surface area contributed by atoms with E-state index in [0.717, 1.165) is 58.1 Å². The van der Waals surface area contributed by atoms with E-state index in [1.807, 2.05) is 18.2 Å². The van der Waals surface area contributed by atoms with E-state index >= 15 is 0 Å². The second kappa shape index (κ2) is 7.89. The molecule has 3 aromatic rings. The lowest BCUT2D eigenvalue weighted by molar-refractivity contribution is 0.0131. The van der Waals surface area contributed by atoms with E-state index in [1.165, 1.54) is 6.33 Å². The number of aliphatic hydroxyl groups is 2. The third-order valence-electron chi connectivity index (χ3n) is 6.67. The highest BCUT2D eigenvalue weighted by molar-refractivity contribution is 9.10. The quantitative estimate of drug-likeness (QED) is 0.441. The van der Waals surface area contributed by atoms with Crippen LogP contribution in [0.25, 0.3) is 10.9 Å². The van der Waals surface area contributed by atoms with Gasteiger partial charge < -0.3 is 26.6 Å². The topological polar surface area (TPSA) is 134 Å². The number of rotatable bonds is 4. The standard InChI is InChI=1S/C22H25BrN6O2/c23-15-8-12-3-1-11(7-16(12)28-21(15)25)2-4-13-9-17(19(31)18(13)30)29-6-5-14-20(24)26-10-27-22(14)29/h1,3,7-8,10,13,17-19,30-31H,2,4-6,9H2,(H2,25,28)(H2,24,26,27)/t13-,17+,18+,19-/m0/s1. The highest BCUT2D eigenvalue weighted by atomic mass is 79.9. The second-order valence-electron chi connectivity index (χ2n) is 8.47. The predicted molar refractivity (Wildman–Crippen MR) is 124 cm³/mol. The maximum atomic E-state index is 10.8. The van der Waals surface area contributed by atoms with Crippen LogP contribution < -0.4 is 16.4 Å². The first-order valence-corrected chi connectivity index (χ1v) is 11.3. The van der Waals surface area contributed by atoms with Crippen molar-refractivity contribution in [3.05, 3.63) is 46.2 Å². The van der Waals surface area contributed by atoms with Crippen LogP contribution in [-0.4, -0.2) is 50.0 Å². The Morgan fingerprint density at radius 1 is 1.10 bits per heavy atom. The van der Waals surface area contributed by atoms with Crippen molar-refractivity contribution in [3.63, 3.8) is 0 Å². The molecule has 2 aromatic heterocycles. The molecule has 0 amide bonds. The molecular formula is C22H25BrN6O2. The van der Waals surface area contributed by atoms with Crippen molar-refractivity contribution in [2.45, 2.75) is 43.9 Å². The minimum atomic E-state index is -0.817. The van der Waals surface area contributed by atoms with Crippen molar-refractivity contribution < 1.29 is 10.2 Å². The fourth-order valence-electron chi connectivity index (χ4n) is 4.97. The van der Waals surface area contributed by atoms with Crippen LogP contribution in [0.2, 0.25) is 0 Å². The number of aromatic nitrogens is 3. The normalized spacial score (nSPS) is 25.3. The number of pyridine rings is 1. The summed E-state index contributed by atoms with van der Waals surface area (Å²) in [6, 6.07) is 7.96. The molecule has 5 rings (SSSR count). The lowest BCUT2D eigenvalue weighted by Gasteiger charge is -2.28. The van der Waals surface area contributed by atoms with Crippen molar-refractivity contribution in [2.24, 2.45) is 5.92 Å². The monoisotopic (exact) mass is 484 g/mol. The molecule has 0 radical (unpaired) electrons. The van der Waals surface area contributed by atoms with Gasteiger partial charge in [-0.3, -0.25) is 0 Å². The Hall–Kier alpha value is -2.49. The summed E-state index contributed by atoms with van der Waals surface area (Å²) in [5.74, 6) is 1.75. The van der Waals surface area contributed by atoms with Crippen LogP contribution in [0, 0.1) is 5.92 Å². The fraction of sp³-hybridized carbons (Fsp3) is 0.409. The summed E-state index contributed by atoms with van der Waals surface area (Å²) in [7, 11) is 0. The summed E-state index contributed by atoms with van der Waals surface area (Å²) < 4.78 is 0.789. The molecule has 0 bridgehead atoms. The van der Waals surface area contributed by atoms with E-state index < -0.39 is 12.2 Å². The second-order valence-corrected chi connectivity index (χ2v) is 9.32. The zero-order chi connectivity index (χ0) is 21.7. The zero-order valence-electron chi connectivity index (χ0n) is 16.9. The van der Waals surface area contributed by atoms with E-state index in [0.29, 0.717) is 18.1 Å². The lowest BCUT2D eigenvalue weighted by Crippen LogP contribution is -2.43. The number of nitrogens with zero attached hydrogens (tertiary/aromatic N) is 4. The summed E-state index contributed by atoms with van der Waals surface area (Å²) in [6.07, 6.45) is 2.91. The third kappa shape index (κ3) is 3.60. The van der Waals surface area contributed by atoms with Gasteiger partial charge in [0.05, 0.1) is 22.1 Å². The molecule has 1 saturated carbocycles. The maximum absolute atomic E-state index is 10.8. The average Bonchev–Trinajstić information content (AvgIpc) is 3.30. The highest BCUT2D eigenvalue weighted by Gasteiger charge is 2.45. The molecule has 8 nitrogen and oxygen atoms in total. The minimum absolute atomic E-state index is 0.00174. The fourth-order valence-corrected chi connectivity index (χ4v) is 5.30. The van der Waals surface area contributed by atoms with Crippen LogP contribution in [0.4, 0.5) is 17.5 Å². The van der Waals surface area contributed by atoms with Crippen LogP contribution in [0.3, 0.4) is 0 Å². The van der Waals surface area contributed by atoms with Gasteiger partial charge in [-0.05, 0) is 65.2 Å². The largest absolute Gasteiger partial charge is 0.390 e. The van der Waals surface area contributed by atoms with Gasteiger partial charge in [-0.2, -0.15) is 0 Å². The summed E-state index contributed by atoms with van der Waals surface area (Å²) in [5.41, 5.74) is 14.8. The van der Waals surface area contributed by atoms with Crippen LogP contribution in [0.5, 0.6) is 0 Å². The van der Waals surface area contributed by atoms with E-state index in [2.05, 4.69) is 41.8 Å². The summed E-state index contributed by atoms with van der Waals surface area (Å²) in [5, 5.41) is 22.5. The van der Waals surface area contributed by atoms with Gasteiger partial charge in [0.1, 0.15) is 29.9 Å². The van der Waals surface area contributed by atoms with Gasteiger partial charge in [0, 0.05) is 17.5 Å². The van der Waals surface area contributed by atoms with E-state index in [9.17, 15) is 10.2 Å². The Morgan fingerprint density at radius 3 is 2.77 bits per heavy atom. The van der Waals surface area contributed by atoms with Gasteiger partial charge in [0.25, 0.3) is 0 Å². The summed E-state index contributed by atoms with van der Waals surface area (Å²) in [6.45, 7) is 0.729. The molecule has 3 heterocycles. The molecule has 162 valence electrons. The Labute approximate surface area is 188 Å². The van der Waals surface area contributed by atoms with Crippen LogP contribution in [-0.2, 0) is 12.8 Å². The van der Waals surface area contributed by atoms with E-state index in [-0.39, 0.29) is 12.0 Å². The number of halogens is 1. The van der Waals surface area contributed by atoms with Crippen molar-refractivity contribution in [1.29, 1.82) is 0 Å². The number of nitrogen functional groups attached to an aromatic ring is 2. The average molecular weight is 485 g/mol. The van der Waals surface area contributed by atoms with Gasteiger partial charge in [0.15, 0.2) is 0 Å². The molecule has 9 heteroatoms. The van der Waals surface area contributed by atoms with Gasteiger partial charge in [-0.25, -0.2) is 15.0 Å². The minimum Gasteiger partial charge on any atom is -0.390 e. The van der Waals surface area contributed by atoms with Crippen LogP contribution in [0.15, 0.2) is 35.1 Å². The Bertz CT molecular complexity index is 1140. The molecule has 1 aliphatic carbocycles. The number of anilines is 3. The van der Waals surface area contributed by atoms with Gasteiger partial charge >= 0.3 is 0 Å². The zero-order valence-corrected chi connectivity index (χ0v) is 18.5. The molecule has 0 saturated heterocycles. The molecule has 6 N–H and O–H groups in total. The molecule has 1 aromatic carbocycles. The summed E-state index contributed by atoms with van der Waals surface area (Å²) >= 11 is 3.41. The number of benzene rings is 1. The number of nitrogens with two attached hydrogens (primary N) is 2. The van der Waals surface area contributed by atoms with Crippen molar-refractivity contribution in [3.8, 4) is 0 Å². The van der Waals surface area contributed by atoms with Crippen LogP contribution in [0.1, 0.15) is 24.0 Å². The van der Waals surface area contributed by atoms with Crippen LogP contribution >= 0.6 is 15.9 Å². The van der Waals surface area contributed by atoms with E-state index in [4.69, 9.17) is 11.5 Å². The van der Waals surface area contributed by atoms with Gasteiger partial charge in [-0.1, -0.05) is 12.1 Å². The molecule has 0 spiro atoms. The maximum Gasteiger partial charge on any atom is 0.138 e. The lowest BCUT2D eigenvalue weighted by atomic mass is 9.95. The van der Waals surface area contributed by atoms with Crippen molar-refractivity contribution in [1.82, 2.24) is 15.0 Å². The van der Waals surface area contributed by atoms with E-state index in [1.54, 1.807) is 0 Å². The molecular weight excluding hydrogens is 460 g/mol. The van der Waals surface area contributed by atoms with Gasteiger partial charge in [0.2, 0.25) is 0 Å². The number of hydrogen-bond donors (Lipinski definition) is 4. The predicted octanol–water partition coefficient (Wildman–Crippen LogP) is 2.06. The number of hydrogen-bond acceptors (Lipinski definition) is 8. The SMILES string of the molecule is Nc1nc2cc(CC[C@H]3C[C@@H](N4CCc5c(N)ncnc54)[C@H](O)[C@@H]3O)ccc2cc1Br. The molecule has 1 fully saturated rings. The summed E-state index contributed by atoms with van der Waals surface area (Å²) in [4.78, 5) is 15.0. The Balaban J connectivity index is 1.30. The third-order valence-corrected chi connectivity index (χ3v) is 7.30. The molecule has 0 unspecified atom stereocenters. The Kier molecular flexibility index (Phi) is 5.19. The number of aryl methyl sites for hydroxylation is 1. The first-order valence-electron chi connectivity index (χ1n) is 10.5. The molecule has 2 aliphatic rings. The molecule has 4 atom stereocenters. The smallest absolute Gasteiger partial charge is 0.138 e. The molecule has 31 heavy (non-hydrogen) atoms. The van der Waals surface area contributed by atoms with Gasteiger partial charge in [-0.15, -0.1) is 0 Å². The van der Waals surface area contributed by atoms with Crippen molar-refractivity contribution in [2.75, 3.05) is 22.9 Å². The molecule has 1 aliphatic heterocycles. The first kappa shape index (κ1) is 20.4. The highest BCUT2D eigenvalue weighted by Crippen LogP contribution is 2.39. The number of fused-ring (bicyclic) bond motifs is 2.